The SMILES string of the molecule is C/C(=C\CCCCCCCCCCO)CCCCCCCCCCO. The molecule has 150 valence electrons. The quantitative estimate of drug-likeness (QED) is 0.184. The fraction of sp³-hybridized carbons (Fsp3) is 0.913. The van der Waals surface area contributed by atoms with E-state index in [2.05, 4.69) is 13.0 Å². The van der Waals surface area contributed by atoms with E-state index in [1.165, 1.54) is 103 Å². The maximum Gasteiger partial charge on any atom is 0.0431 e. The Morgan fingerprint density at radius 2 is 0.880 bits per heavy atom. The van der Waals surface area contributed by atoms with E-state index in [9.17, 15) is 0 Å². The Morgan fingerprint density at radius 1 is 0.520 bits per heavy atom. The summed E-state index contributed by atoms with van der Waals surface area (Å²) in [5.41, 5.74) is 1.59. The molecule has 2 nitrogen and oxygen atoms in total. The highest BCUT2D eigenvalue weighted by Crippen LogP contribution is 2.14. The highest BCUT2D eigenvalue weighted by molar-refractivity contribution is 4.97. The van der Waals surface area contributed by atoms with Gasteiger partial charge >= 0.3 is 0 Å². The number of unbranched alkanes of at least 4 members (excludes halogenated alkanes) is 15. The van der Waals surface area contributed by atoms with Gasteiger partial charge in [-0.05, 0) is 45.4 Å². The summed E-state index contributed by atoms with van der Waals surface area (Å²) >= 11 is 0. The molecule has 0 aliphatic heterocycles. The maximum atomic E-state index is 8.73. The van der Waals surface area contributed by atoms with Crippen molar-refractivity contribution in [3.8, 4) is 0 Å². The van der Waals surface area contributed by atoms with Crippen molar-refractivity contribution in [3.05, 3.63) is 11.6 Å². The fourth-order valence-electron chi connectivity index (χ4n) is 3.34. The summed E-state index contributed by atoms with van der Waals surface area (Å²) in [5, 5.41) is 17.5. The minimum Gasteiger partial charge on any atom is -0.396 e. The van der Waals surface area contributed by atoms with Crippen LogP contribution in [0.5, 0.6) is 0 Å². The lowest BCUT2D eigenvalue weighted by Gasteiger charge is -2.04. The molecule has 0 unspecified atom stereocenters. The van der Waals surface area contributed by atoms with Crippen LogP contribution in [0.4, 0.5) is 0 Å². The molecule has 0 saturated heterocycles. The maximum absolute atomic E-state index is 8.73. The van der Waals surface area contributed by atoms with Crippen molar-refractivity contribution >= 4 is 0 Å². The molecular formula is C23H46O2. The van der Waals surface area contributed by atoms with Crippen molar-refractivity contribution in [2.24, 2.45) is 0 Å². The molecule has 0 heterocycles. The summed E-state index contributed by atoms with van der Waals surface area (Å²) in [5.74, 6) is 0. The number of aliphatic hydroxyl groups excluding tert-OH is 2. The van der Waals surface area contributed by atoms with Crippen LogP contribution in [0.15, 0.2) is 11.6 Å². The highest BCUT2D eigenvalue weighted by atomic mass is 16.3. The molecule has 0 aromatic heterocycles. The van der Waals surface area contributed by atoms with Crippen LogP contribution in [0.2, 0.25) is 0 Å². The largest absolute Gasteiger partial charge is 0.396 e. The normalized spacial score (nSPS) is 12.0. The summed E-state index contributed by atoms with van der Waals surface area (Å²) in [4.78, 5) is 0. The Morgan fingerprint density at radius 3 is 1.32 bits per heavy atom. The van der Waals surface area contributed by atoms with E-state index in [4.69, 9.17) is 10.2 Å². The fourth-order valence-corrected chi connectivity index (χ4v) is 3.34. The molecule has 0 aromatic carbocycles. The van der Waals surface area contributed by atoms with Gasteiger partial charge in [0.1, 0.15) is 0 Å². The Hall–Kier alpha value is -0.340. The lowest BCUT2D eigenvalue weighted by atomic mass is 10.0. The molecule has 0 radical (unpaired) electrons. The molecule has 0 saturated carbocycles. The van der Waals surface area contributed by atoms with Crippen LogP contribution in [0.1, 0.15) is 122 Å². The predicted molar refractivity (Wildman–Crippen MR) is 111 cm³/mol. The van der Waals surface area contributed by atoms with Gasteiger partial charge in [-0.1, -0.05) is 88.7 Å². The van der Waals surface area contributed by atoms with Crippen molar-refractivity contribution in [1.82, 2.24) is 0 Å². The Labute approximate surface area is 158 Å². The van der Waals surface area contributed by atoms with E-state index in [0.29, 0.717) is 13.2 Å². The molecular weight excluding hydrogens is 308 g/mol. The van der Waals surface area contributed by atoms with Gasteiger partial charge in [0.15, 0.2) is 0 Å². The van der Waals surface area contributed by atoms with Gasteiger partial charge in [-0.15, -0.1) is 0 Å². The summed E-state index contributed by atoms with van der Waals surface area (Å²) in [6, 6.07) is 0. The summed E-state index contributed by atoms with van der Waals surface area (Å²) in [6.45, 7) is 3.02. The van der Waals surface area contributed by atoms with E-state index in [1.54, 1.807) is 5.57 Å². The van der Waals surface area contributed by atoms with Crippen molar-refractivity contribution in [1.29, 1.82) is 0 Å². The van der Waals surface area contributed by atoms with E-state index in [1.807, 2.05) is 0 Å². The summed E-state index contributed by atoms with van der Waals surface area (Å²) in [6.07, 6.45) is 25.6. The number of rotatable bonds is 20. The third kappa shape index (κ3) is 21.6. The molecule has 0 atom stereocenters. The van der Waals surface area contributed by atoms with Crippen molar-refractivity contribution in [2.75, 3.05) is 13.2 Å². The first kappa shape index (κ1) is 24.7. The minimum absolute atomic E-state index is 0.358. The van der Waals surface area contributed by atoms with Gasteiger partial charge in [-0.3, -0.25) is 0 Å². The lowest BCUT2D eigenvalue weighted by molar-refractivity contribution is 0.282. The second kappa shape index (κ2) is 21.7. The molecule has 0 bridgehead atoms. The molecule has 0 aromatic rings. The van der Waals surface area contributed by atoms with Crippen LogP contribution < -0.4 is 0 Å². The van der Waals surface area contributed by atoms with Gasteiger partial charge in [0.05, 0.1) is 0 Å². The van der Waals surface area contributed by atoms with E-state index >= 15 is 0 Å². The van der Waals surface area contributed by atoms with Gasteiger partial charge in [0.25, 0.3) is 0 Å². The van der Waals surface area contributed by atoms with Gasteiger partial charge in [-0.2, -0.15) is 0 Å². The van der Waals surface area contributed by atoms with Crippen LogP contribution in [0.3, 0.4) is 0 Å². The zero-order valence-corrected chi connectivity index (χ0v) is 17.1. The summed E-state index contributed by atoms with van der Waals surface area (Å²) in [7, 11) is 0. The Kier molecular flexibility index (Phi) is 21.4. The molecule has 0 aliphatic carbocycles. The molecule has 0 rings (SSSR count). The molecule has 25 heavy (non-hydrogen) atoms. The van der Waals surface area contributed by atoms with Crippen LogP contribution in [-0.2, 0) is 0 Å². The van der Waals surface area contributed by atoms with Gasteiger partial charge in [-0.25, -0.2) is 0 Å². The molecule has 0 aliphatic rings. The third-order valence-electron chi connectivity index (χ3n) is 5.08. The second-order valence-corrected chi connectivity index (χ2v) is 7.69. The first-order valence-corrected chi connectivity index (χ1v) is 11.2. The van der Waals surface area contributed by atoms with Crippen molar-refractivity contribution < 1.29 is 10.2 Å². The smallest absolute Gasteiger partial charge is 0.0431 e. The number of hydrogen-bond acceptors (Lipinski definition) is 2. The molecule has 0 amide bonds. The second-order valence-electron chi connectivity index (χ2n) is 7.69. The van der Waals surface area contributed by atoms with Crippen LogP contribution >= 0.6 is 0 Å². The first-order valence-electron chi connectivity index (χ1n) is 11.2. The van der Waals surface area contributed by atoms with Crippen molar-refractivity contribution in [3.63, 3.8) is 0 Å². The highest BCUT2D eigenvalue weighted by Gasteiger charge is 1.95. The van der Waals surface area contributed by atoms with E-state index < -0.39 is 0 Å². The zero-order chi connectivity index (χ0) is 18.4. The average Bonchev–Trinajstić information content (AvgIpc) is 2.62. The number of hydrogen-bond donors (Lipinski definition) is 2. The zero-order valence-electron chi connectivity index (χ0n) is 17.1. The third-order valence-corrected chi connectivity index (χ3v) is 5.08. The Bertz CT molecular complexity index is 273. The molecule has 2 N–H and O–H groups in total. The topological polar surface area (TPSA) is 40.5 Å². The molecule has 0 fully saturated rings. The number of aliphatic hydroxyl groups is 2. The van der Waals surface area contributed by atoms with Crippen LogP contribution in [0, 0.1) is 0 Å². The Balaban J connectivity index is 3.23. The number of allylic oxidation sites excluding steroid dienone is 2. The van der Waals surface area contributed by atoms with Gasteiger partial charge < -0.3 is 10.2 Å². The minimum atomic E-state index is 0.358. The molecule has 0 spiro atoms. The monoisotopic (exact) mass is 354 g/mol. The predicted octanol–water partition coefficient (Wildman–Crippen LogP) is 6.94. The van der Waals surface area contributed by atoms with Crippen LogP contribution in [0.25, 0.3) is 0 Å². The van der Waals surface area contributed by atoms with Crippen LogP contribution in [-0.4, -0.2) is 23.4 Å². The molecule has 2 heteroatoms. The van der Waals surface area contributed by atoms with E-state index in [-0.39, 0.29) is 0 Å². The van der Waals surface area contributed by atoms with Gasteiger partial charge in [0.2, 0.25) is 0 Å². The average molecular weight is 355 g/mol. The first-order chi connectivity index (χ1) is 12.3. The van der Waals surface area contributed by atoms with Crippen molar-refractivity contribution in [2.45, 2.75) is 122 Å². The standard InChI is InChI=1S/C23H46O2/c1-23(20-16-12-8-4-6-10-14-18-22-25)19-15-11-7-3-2-5-9-13-17-21-24/h19,24-25H,2-18,20-22H2,1H3/b23-19+. The summed E-state index contributed by atoms with van der Waals surface area (Å²) < 4.78 is 0. The van der Waals surface area contributed by atoms with Gasteiger partial charge in [0, 0.05) is 13.2 Å². The lowest BCUT2D eigenvalue weighted by Crippen LogP contribution is -1.85. The van der Waals surface area contributed by atoms with E-state index in [0.717, 1.165) is 12.8 Å².